The van der Waals surface area contributed by atoms with Crippen LogP contribution in [-0.2, 0) is 9.59 Å². The molecule has 236 valence electrons. The minimum atomic E-state index is -0.686. The number of hydrogen-bond acceptors (Lipinski definition) is 5. The minimum Gasteiger partial charge on any atom is -0.493 e. The van der Waals surface area contributed by atoms with Crippen molar-refractivity contribution in [1.82, 2.24) is 0 Å². The monoisotopic (exact) mass is 614 g/mol. The van der Waals surface area contributed by atoms with Gasteiger partial charge in [0, 0.05) is 11.5 Å². The summed E-state index contributed by atoms with van der Waals surface area (Å²) in [6.45, 7) is 10.8. The number of amides is 2. The van der Waals surface area contributed by atoms with Crippen LogP contribution >= 0.6 is 0 Å². The van der Waals surface area contributed by atoms with Crippen LogP contribution in [0.25, 0.3) is 10.8 Å². The van der Waals surface area contributed by atoms with Crippen LogP contribution in [0, 0.1) is 25.7 Å². The number of nitrogens with zero attached hydrogens (tertiary/aromatic N) is 4. The number of aryl methyl sites for hydroxylation is 2. The standard InChI is InChI=1S/C39H42N4O3/c1-6-9-24-46-33-23-18-27-12-10-11-13-30(27)34(33)37(35-31(7-2)40-42(38(35)44)28-19-14-25(4)15-20-28)36-32(8-3)41-43(39(36)45)29-21-16-26(5)17-22-29/h10-23,35-37H,6-9,24H2,1-5H3. The van der Waals surface area contributed by atoms with E-state index < -0.39 is 17.8 Å². The Kier molecular flexibility index (Phi) is 9.02. The molecule has 0 saturated carbocycles. The van der Waals surface area contributed by atoms with Gasteiger partial charge in [0.2, 0.25) is 0 Å². The van der Waals surface area contributed by atoms with Gasteiger partial charge < -0.3 is 4.74 Å². The predicted octanol–water partition coefficient (Wildman–Crippen LogP) is 8.58. The Morgan fingerprint density at radius 1 is 0.696 bits per heavy atom. The Morgan fingerprint density at radius 3 is 1.72 bits per heavy atom. The molecule has 2 heterocycles. The first kappa shape index (κ1) is 31.2. The third-order valence-electron chi connectivity index (χ3n) is 9.14. The number of hydrazone groups is 2. The van der Waals surface area contributed by atoms with Gasteiger partial charge in [0.25, 0.3) is 11.8 Å². The quantitative estimate of drug-likeness (QED) is 0.159. The molecule has 0 N–H and O–H groups in total. The first-order valence-electron chi connectivity index (χ1n) is 16.5. The van der Waals surface area contributed by atoms with E-state index in [0.29, 0.717) is 36.6 Å². The van der Waals surface area contributed by atoms with E-state index in [0.717, 1.165) is 51.7 Å². The molecule has 0 aromatic heterocycles. The van der Waals surface area contributed by atoms with Crippen LogP contribution in [0.5, 0.6) is 5.75 Å². The van der Waals surface area contributed by atoms with E-state index in [4.69, 9.17) is 14.9 Å². The summed E-state index contributed by atoms with van der Waals surface area (Å²) in [4.78, 5) is 29.5. The summed E-state index contributed by atoms with van der Waals surface area (Å²) in [5.41, 5.74) is 5.99. The second-order valence-corrected chi connectivity index (χ2v) is 12.2. The molecule has 2 unspecified atom stereocenters. The first-order valence-corrected chi connectivity index (χ1v) is 16.5. The average molecular weight is 615 g/mol. The lowest BCUT2D eigenvalue weighted by atomic mass is 9.70. The molecule has 0 saturated heterocycles. The summed E-state index contributed by atoms with van der Waals surface area (Å²) in [6, 6.07) is 27.9. The van der Waals surface area contributed by atoms with E-state index in [1.165, 1.54) is 10.0 Å². The number of rotatable bonds is 11. The minimum absolute atomic E-state index is 0.143. The molecule has 46 heavy (non-hydrogen) atoms. The molecule has 0 radical (unpaired) electrons. The third-order valence-corrected chi connectivity index (χ3v) is 9.14. The van der Waals surface area contributed by atoms with Crippen molar-refractivity contribution >= 4 is 45.4 Å². The lowest BCUT2D eigenvalue weighted by Gasteiger charge is -2.31. The summed E-state index contributed by atoms with van der Waals surface area (Å²) >= 11 is 0. The zero-order chi connectivity index (χ0) is 32.4. The van der Waals surface area contributed by atoms with Crippen LogP contribution in [-0.4, -0.2) is 29.8 Å². The van der Waals surface area contributed by atoms with Crippen molar-refractivity contribution in [2.45, 2.75) is 66.2 Å². The normalized spacial score (nSPS) is 18.7. The molecule has 0 spiro atoms. The maximum atomic E-state index is 14.7. The average Bonchev–Trinajstić information content (AvgIpc) is 3.58. The van der Waals surface area contributed by atoms with Crippen molar-refractivity contribution in [1.29, 1.82) is 0 Å². The molecule has 4 aromatic carbocycles. The molecular formula is C39H42N4O3. The van der Waals surface area contributed by atoms with Gasteiger partial charge in [0.1, 0.15) is 5.75 Å². The molecule has 6 rings (SSSR count). The van der Waals surface area contributed by atoms with Crippen molar-refractivity contribution in [3.05, 3.63) is 102 Å². The van der Waals surface area contributed by atoms with Gasteiger partial charge in [-0.15, -0.1) is 0 Å². The molecule has 2 amide bonds. The third kappa shape index (κ3) is 5.70. The van der Waals surface area contributed by atoms with Crippen molar-refractivity contribution in [2.24, 2.45) is 22.0 Å². The smallest absolute Gasteiger partial charge is 0.256 e. The zero-order valence-corrected chi connectivity index (χ0v) is 27.4. The first-order chi connectivity index (χ1) is 22.4. The maximum Gasteiger partial charge on any atom is 0.256 e. The molecule has 2 aliphatic heterocycles. The summed E-state index contributed by atoms with van der Waals surface area (Å²) in [5, 5.41) is 14.9. The molecule has 0 fully saturated rings. The van der Waals surface area contributed by atoms with Gasteiger partial charge in [-0.25, -0.2) is 10.0 Å². The number of ether oxygens (including phenoxy) is 1. The highest BCUT2D eigenvalue weighted by Gasteiger charge is 2.52. The van der Waals surface area contributed by atoms with Crippen LogP contribution in [0.15, 0.2) is 95.1 Å². The van der Waals surface area contributed by atoms with Gasteiger partial charge in [0.15, 0.2) is 0 Å². The number of hydrogen-bond donors (Lipinski definition) is 0. The number of unbranched alkanes of at least 4 members (excludes halogenated alkanes) is 1. The van der Waals surface area contributed by atoms with E-state index in [-0.39, 0.29) is 11.8 Å². The number of carbonyl (C=O) groups is 2. The highest BCUT2D eigenvalue weighted by molar-refractivity contribution is 6.21. The van der Waals surface area contributed by atoms with E-state index >= 15 is 0 Å². The molecule has 7 nitrogen and oxygen atoms in total. The topological polar surface area (TPSA) is 74.6 Å². The Bertz CT molecular complexity index is 1720. The Hall–Kier alpha value is -4.78. The second-order valence-electron chi connectivity index (χ2n) is 12.2. The van der Waals surface area contributed by atoms with E-state index in [9.17, 15) is 9.59 Å². The van der Waals surface area contributed by atoms with E-state index in [1.54, 1.807) is 0 Å². The Labute approximate surface area is 271 Å². The van der Waals surface area contributed by atoms with Gasteiger partial charge >= 0.3 is 0 Å². The highest BCUT2D eigenvalue weighted by atomic mass is 16.5. The summed E-state index contributed by atoms with van der Waals surface area (Å²) in [6.07, 6.45) is 3.01. The SMILES string of the molecule is CCCCOc1ccc2ccccc2c1C(C1C(=O)N(c2ccc(C)cc2)N=C1CC)C1C(=O)N(c2ccc(C)cc2)N=C1CC. The van der Waals surface area contributed by atoms with Crippen LogP contribution in [0.1, 0.15) is 69.1 Å². The predicted molar refractivity (Wildman–Crippen MR) is 187 cm³/mol. The molecule has 7 heteroatoms. The van der Waals surface area contributed by atoms with Crippen molar-refractivity contribution in [2.75, 3.05) is 16.6 Å². The fourth-order valence-corrected chi connectivity index (χ4v) is 6.67. The number of carbonyl (C=O) groups excluding carboxylic acids is 2. The molecule has 0 bridgehead atoms. The lowest BCUT2D eigenvalue weighted by Crippen LogP contribution is -2.41. The summed E-state index contributed by atoms with van der Waals surface area (Å²) in [5.74, 6) is -1.55. The van der Waals surface area contributed by atoms with Crippen LogP contribution < -0.4 is 14.8 Å². The largest absolute Gasteiger partial charge is 0.493 e. The lowest BCUT2D eigenvalue weighted by molar-refractivity contribution is -0.122. The van der Waals surface area contributed by atoms with Crippen molar-refractivity contribution in [3.63, 3.8) is 0 Å². The van der Waals surface area contributed by atoms with Crippen LogP contribution in [0.4, 0.5) is 11.4 Å². The van der Waals surface area contributed by atoms with Gasteiger partial charge in [-0.05, 0) is 74.2 Å². The van der Waals surface area contributed by atoms with E-state index in [1.807, 2.05) is 94.4 Å². The summed E-state index contributed by atoms with van der Waals surface area (Å²) < 4.78 is 6.51. The highest BCUT2D eigenvalue weighted by Crippen LogP contribution is 2.48. The maximum absolute atomic E-state index is 14.7. The summed E-state index contributed by atoms with van der Waals surface area (Å²) in [7, 11) is 0. The number of fused-ring (bicyclic) bond motifs is 1. The van der Waals surface area contributed by atoms with Crippen molar-refractivity contribution in [3.8, 4) is 5.75 Å². The molecule has 2 atom stereocenters. The van der Waals surface area contributed by atoms with E-state index in [2.05, 4.69) is 25.1 Å². The molecule has 4 aromatic rings. The molecule has 2 aliphatic rings. The van der Waals surface area contributed by atoms with Crippen LogP contribution in [0.2, 0.25) is 0 Å². The number of anilines is 2. The van der Waals surface area contributed by atoms with Gasteiger partial charge in [-0.1, -0.05) is 92.9 Å². The van der Waals surface area contributed by atoms with Gasteiger partial charge in [-0.3, -0.25) is 9.59 Å². The zero-order valence-electron chi connectivity index (χ0n) is 27.4. The molecule has 0 aliphatic carbocycles. The Morgan fingerprint density at radius 2 is 1.22 bits per heavy atom. The number of benzene rings is 4. The fourth-order valence-electron chi connectivity index (χ4n) is 6.67. The second kappa shape index (κ2) is 13.3. The Balaban J connectivity index is 1.56. The molecular weight excluding hydrogens is 572 g/mol. The van der Waals surface area contributed by atoms with Gasteiger partial charge in [-0.2, -0.15) is 10.2 Å². The fraction of sp³-hybridized carbons (Fsp3) is 0.333. The van der Waals surface area contributed by atoms with Crippen LogP contribution in [0.3, 0.4) is 0 Å². The van der Waals surface area contributed by atoms with Gasteiger partial charge in [0.05, 0.1) is 41.2 Å². The van der Waals surface area contributed by atoms with Crippen molar-refractivity contribution < 1.29 is 14.3 Å².